The third-order valence-electron chi connectivity index (χ3n) is 4.18. The van der Waals surface area contributed by atoms with Crippen molar-refractivity contribution in [2.24, 2.45) is 5.73 Å². The summed E-state index contributed by atoms with van der Waals surface area (Å²) in [6, 6.07) is 18.8. The predicted octanol–water partition coefficient (Wildman–Crippen LogP) is 5.01. The summed E-state index contributed by atoms with van der Waals surface area (Å²) in [5.74, 6) is 0. The van der Waals surface area contributed by atoms with E-state index in [9.17, 15) is 4.79 Å². The number of ether oxygens (including phenoxy) is 1. The Hall–Kier alpha value is -2.79. The first-order valence-corrected chi connectivity index (χ1v) is 9.01. The zero-order valence-electron chi connectivity index (χ0n) is 15.5. The van der Waals surface area contributed by atoms with E-state index in [1.807, 2.05) is 48.5 Å². The number of halogens is 1. The Bertz CT molecular complexity index is 928. The Morgan fingerprint density at radius 3 is 2.30 bits per heavy atom. The van der Waals surface area contributed by atoms with Crippen molar-refractivity contribution in [1.82, 2.24) is 9.78 Å². The van der Waals surface area contributed by atoms with Gasteiger partial charge in [-0.25, -0.2) is 9.48 Å². The largest absolute Gasteiger partial charge is 0.435 e. The van der Waals surface area contributed by atoms with E-state index < -0.39 is 12.2 Å². The smallest absolute Gasteiger partial charge is 0.405 e. The van der Waals surface area contributed by atoms with E-state index in [0.717, 1.165) is 16.9 Å². The van der Waals surface area contributed by atoms with Crippen molar-refractivity contribution in [3.8, 4) is 5.69 Å². The SMILES string of the molecule is CC(C)(C)c1cc(C(OC(N)=O)c2ccccc2)n(-c2ccc(Cl)cc2)n1. The van der Waals surface area contributed by atoms with Crippen molar-refractivity contribution >= 4 is 17.7 Å². The molecule has 5 nitrogen and oxygen atoms in total. The van der Waals surface area contributed by atoms with Gasteiger partial charge in [-0.15, -0.1) is 0 Å². The molecule has 140 valence electrons. The molecule has 1 atom stereocenters. The highest BCUT2D eigenvalue weighted by Crippen LogP contribution is 2.32. The van der Waals surface area contributed by atoms with Gasteiger partial charge in [0.25, 0.3) is 0 Å². The van der Waals surface area contributed by atoms with E-state index >= 15 is 0 Å². The van der Waals surface area contributed by atoms with Crippen LogP contribution in [0.15, 0.2) is 60.7 Å². The number of carbonyl (C=O) groups is 1. The van der Waals surface area contributed by atoms with Crippen LogP contribution in [0.4, 0.5) is 4.79 Å². The molecule has 2 aromatic carbocycles. The Kier molecular flexibility index (Phi) is 5.24. The highest BCUT2D eigenvalue weighted by molar-refractivity contribution is 6.30. The molecule has 0 fully saturated rings. The van der Waals surface area contributed by atoms with Gasteiger partial charge in [-0.3, -0.25) is 0 Å². The third kappa shape index (κ3) is 4.31. The monoisotopic (exact) mass is 383 g/mol. The number of nitrogens with two attached hydrogens (primary N) is 1. The number of aromatic nitrogens is 2. The van der Waals surface area contributed by atoms with Gasteiger partial charge >= 0.3 is 6.09 Å². The van der Waals surface area contributed by atoms with E-state index in [0.29, 0.717) is 10.7 Å². The van der Waals surface area contributed by atoms with E-state index in [1.165, 1.54) is 0 Å². The van der Waals surface area contributed by atoms with Crippen LogP contribution in [0, 0.1) is 0 Å². The summed E-state index contributed by atoms with van der Waals surface area (Å²) in [5, 5.41) is 5.41. The fourth-order valence-electron chi connectivity index (χ4n) is 2.78. The van der Waals surface area contributed by atoms with Crippen LogP contribution in [0.25, 0.3) is 5.69 Å². The fraction of sp³-hybridized carbons (Fsp3) is 0.238. The molecule has 3 rings (SSSR count). The summed E-state index contributed by atoms with van der Waals surface area (Å²) in [4.78, 5) is 11.6. The molecule has 1 aromatic heterocycles. The molecule has 0 aliphatic carbocycles. The van der Waals surface area contributed by atoms with Gasteiger partial charge in [0, 0.05) is 10.4 Å². The minimum atomic E-state index is -0.843. The first-order chi connectivity index (χ1) is 12.8. The van der Waals surface area contributed by atoms with Crippen LogP contribution in [0.2, 0.25) is 5.02 Å². The van der Waals surface area contributed by atoms with Crippen LogP contribution in [0.3, 0.4) is 0 Å². The standard InChI is InChI=1S/C21H22ClN3O2/c1-21(2,3)18-13-17(25(24-18)16-11-9-15(22)10-12-16)19(27-20(23)26)14-7-5-4-6-8-14/h4-13,19H,1-3H3,(H2,23,26). The molecular formula is C21H22ClN3O2. The van der Waals surface area contributed by atoms with Crippen LogP contribution in [-0.4, -0.2) is 15.9 Å². The van der Waals surface area contributed by atoms with Crippen molar-refractivity contribution in [1.29, 1.82) is 0 Å². The maximum atomic E-state index is 11.6. The van der Waals surface area contributed by atoms with Gasteiger partial charge < -0.3 is 10.5 Å². The number of benzene rings is 2. The van der Waals surface area contributed by atoms with Crippen molar-refractivity contribution in [3.05, 3.63) is 82.6 Å². The van der Waals surface area contributed by atoms with Crippen LogP contribution < -0.4 is 5.73 Å². The highest BCUT2D eigenvalue weighted by Gasteiger charge is 2.27. The van der Waals surface area contributed by atoms with Crippen molar-refractivity contribution < 1.29 is 9.53 Å². The summed E-state index contributed by atoms with van der Waals surface area (Å²) < 4.78 is 7.26. The molecule has 0 aliphatic heterocycles. The molecule has 0 bridgehead atoms. The molecule has 1 unspecified atom stereocenters. The van der Waals surface area contributed by atoms with Crippen LogP contribution in [0.1, 0.15) is 43.8 Å². The number of hydrogen-bond donors (Lipinski definition) is 1. The lowest BCUT2D eigenvalue weighted by Crippen LogP contribution is -2.20. The molecule has 0 saturated heterocycles. The lowest BCUT2D eigenvalue weighted by molar-refractivity contribution is 0.123. The molecule has 0 spiro atoms. The predicted molar refractivity (Wildman–Crippen MR) is 106 cm³/mol. The van der Waals surface area contributed by atoms with Gasteiger partial charge in [0.15, 0.2) is 6.10 Å². The average Bonchev–Trinajstić information content (AvgIpc) is 3.06. The zero-order valence-corrected chi connectivity index (χ0v) is 16.3. The number of primary amides is 1. The number of amides is 1. The molecule has 1 amide bonds. The maximum absolute atomic E-state index is 11.6. The fourth-order valence-corrected chi connectivity index (χ4v) is 2.91. The second kappa shape index (κ2) is 7.45. The van der Waals surface area contributed by atoms with Crippen molar-refractivity contribution in [2.45, 2.75) is 32.3 Å². The quantitative estimate of drug-likeness (QED) is 0.688. The minimum Gasteiger partial charge on any atom is -0.435 e. The second-order valence-electron chi connectivity index (χ2n) is 7.32. The molecule has 0 saturated carbocycles. The summed E-state index contributed by atoms with van der Waals surface area (Å²) in [7, 11) is 0. The maximum Gasteiger partial charge on any atom is 0.405 e. The number of carbonyl (C=O) groups excluding carboxylic acids is 1. The van der Waals surface area contributed by atoms with Gasteiger partial charge in [0.2, 0.25) is 0 Å². The topological polar surface area (TPSA) is 70.1 Å². The molecule has 3 aromatic rings. The van der Waals surface area contributed by atoms with E-state index in [1.54, 1.807) is 16.8 Å². The zero-order chi connectivity index (χ0) is 19.6. The molecule has 27 heavy (non-hydrogen) atoms. The Morgan fingerprint density at radius 2 is 1.74 bits per heavy atom. The number of hydrogen-bond acceptors (Lipinski definition) is 3. The number of rotatable bonds is 4. The van der Waals surface area contributed by atoms with Crippen LogP contribution in [0.5, 0.6) is 0 Å². The number of nitrogens with zero attached hydrogens (tertiary/aromatic N) is 2. The Labute approximate surface area is 163 Å². The molecule has 2 N–H and O–H groups in total. The van der Waals surface area contributed by atoms with Crippen LogP contribution >= 0.6 is 11.6 Å². The van der Waals surface area contributed by atoms with Gasteiger partial charge in [0.05, 0.1) is 17.1 Å². The van der Waals surface area contributed by atoms with E-state index in [4.69, 9.17) is 27.2 Å². The lowest BCUT2D eigenvalue weighted by atomic mass is 9.91. The molecule has 0 radical (unpaired) electrons. The van der Waals surface area contributed by atoms with E-state index in [2.05, 4.69) is 20.8 Å². The van der Waals surface area contributed by atoms with Gasteiger partial charge in [-0.05, 0) is 35.9 Å². The molecular weight excluding hydrogens is 362 g/mol. The molecule has 1 heterocycles. The lowest BCUT2D eigenvalue weighted by Gasteiger charge is -2.18. The summed E-state index contributed by atoms with van der Waals surface area (Å²) in [5.41, 5.74) is 8.40. The van der Waals surface area contributed by atoms with Gasteiger partial charge in [-0.1, -0.05) is 62.7 Å². The first-order valence-electron chi connectivity index (χ1n) is 8.63. The van der Waals surface area contributed by atoms with Crippen molar-refractivity contribution in [2.75, 3.05) is 0 Å². The Morgan fingerprint density at radius 1 is 1.11 bits per heavy atom. The normalized spacial score (nSPS) is 12.6. The van der Waals surface area contributed by atoms with Gasteiger partial charge in [-0.2, -0.15) is 5.10 Å². The Balaban J connectivity index is 2.20. The summed E-state index contributed by atoms with van der Waals surface area (Å²) >= 11 is 6.03. The molecule has 0 aliphatic rings. The summed E-state index contributed by atoms with van der Waals surface area (Å²) in [6.45, 7) is 6.24. The second-order valence-corrected chi connectivity index (χ2v) is 7.76. The van der Waals surface area contributed by atoms with Gasteiger partial charge in [0.1, 0.15) is 0 Å². The average molecular weight is 384 g/mol. The summed E-state index contributed by atoms with van der Waals surface area (Å²) in [6.07, 6.45) is -1.52. The van der Waals surface area contributed by atoms with E-state index in [-0.39, 0.29) is 5.41 Å². The first kappa shape index (κ1) is 19.0. The minimum absolute atomic E-state index is 0.180. The van der Waals surface area contributed by atoms with Crippen molar-refractivity contribution in [3.63, 3.8) is 0 Å². The van der Waals surface area contributed by atoms with Crippen LogP contribution in [-0.2, 0) is 10.2 Å². The highest BCUT2D eigenvalue weighted by atomic mass is 35.5. The third-order valence-corrected chi connectivity index (χ3v) is 4.43. The molecule has 6 heteroatoms.